The molecule has 0 aliphatic carbocycles. The molecule has 2 N–H and O–H groups in total. The summed E-state index contributed by atoms with van der Waals surface area (Å²) in [5, 5.41) is 7.86. The van der Waals surface area contributed by atoms with E-state index in [1.54, 1.807) is 6.26 Å². The maximum absolute atomic E-state index is 12.5. The topological polar surface area (TPSA) is 64.5 Å². The van der Waals surface area contributed by atoms with Crippen molar-refractivity contribution >= 4 is 5.91 Å². The number of furan rings is 1. The van der Waals surface area contributed by atoms with Gasteiger partial charge in [-0.15, -0.1) is 0 Å². The maximum atomic E-state index is 12.5. The number of quaternary nitrogens is 1. The van der Waals surface area contributed by atoms with Crippen molar-refractivity contribution < 1.29 is 14.1 Å². The number of nitrogens with one attached hydrogen (secondary N) is 2. The molecule has 0 fully saturated rings. The first-order valence-electron chi connectivity index (χ1n) is 10.4. The fourth-order valence-corrected chi connectivity index (χ4v) is 3.65. The van der Waals surface area contributed by atoms with Crippen LogP contribution in [-0.2, 0) is 11.3 Å². The smallest absolute Gasteiger partial charge is 0.275 e. The zero-order valence-electron chi connectivity index (χ0n) is 17.8. The molecule has 6 heteroatoms. The highest BCUT2D eigenvalue weighted by molar-refractivity contribution is 5.77. The summed E-state index contributed by atoms with van der Waals surface area (Å²) in [5.41, 5.74) is 4.11. The van der Waals surface area contributed by atoms with Crippen LogP contribution in [0.5, 0.6) is 0 Å². The van der Waals surface area contributed by atoms with Gasteiger partial charge in [0.1, 0.15) is 18.0 Å². The van der Waals surface area contributed by atoms with Gasteiger partial charge in [0, 0.05) is 11.8 Å². The molecule has 2 aromatic heterocycles. The number of aromatic nitrogens is 2. The monoisotopic (exact) mass is 415 g/mol. The van der Waals surface area contributed by atoms with Crippen molar-refractivity contribution in [2.75, 3.05) is 13.6 Å². The molecule has 4 aromatic rings. The summed E-state index contributed by atoms with van der Waals surface area (Å²) in [6, 6.07) is 23.8. The van der Waals surface area contributed by atoms with Crippen LogP contribution in [0.4, 0.5) is 0 Å². The van der Waals surface area contributed by atoms with Crippen molar-refractivity contribution in [1.82, 2.24) is 15.1 Å². The first kappa shape index (κ1) is 20.6. The van der Waals surface area contributed by atoms with Gasteiger partial charge in [0.15, 0.2) is 6.54 Å². The van der Waals surface area contributed by atoms with E-state index in [0.717, 1.165) is 33.2 Å². The number of carbonyl (C=O) groups excluding carboxylic acids is 1. The minimum atomic E-state index is -0.156. The number of carbonyl (C=O) groups is 1. The van der Waals surface area contributed by atoms with Gasteiger partial charge in [-0.2, -0.15) is 5.10 Å². The molecule has 158 valence electrons. The molecule has 0 saturated carbocycles. The number of hydrogen-bond donors (Lipinski definition) is 2. The van der Waals surface area contributed by atoms with E-state index in [-0.39, 0.29) is 11.9 Å². The SMILES string of the molecule is C[C@H](NC(=O)C[NH+](C)Cc1cn(-c2ccccc2)nc1-c1ccccc1)c1ccco1. The van der Waals surface area contributed by atoms with Crippen molar-refractivity contribution in [3.8, 4) is 16.9 Å². The van der Waals surface area contributed by atoms with E-state index in [9.17, 15) is 4.79 Å². The minimum Gasteiger partial charge on any atom is -0.467 e. The molecule has 31 heavy (non-hydrogen) atoms. The summed E-state index contributed by atoms with van der Waals surface area (Å²) in [6.45, 7) is 2.96. The van der Waals surface area contributed by atoms with Gasteiger partial charge in [0.2, 0.25) is 0 Å². The fourth-order valence-electron chi connectivity index (χ4n) is 3.65. The molecule has 0 radical (unpaired) electrons. The number of likely N-dealkylation sites (N-methyl/N-ethyl adjacent to an activating group) is 1. The standard InChI is InChI=1S/C25H26N4O2/c1-19(23-14-9-15-31-23)26-24(30)18-28(2)16-21-17-29(22-12-7-4-8-13-22)27-25(21)20-10-5-3-6-11-20/h3-15,17,19H,16,18H2,1-2H3,(H,26,30)/p+1/t19-/m0/s1. The van der Waals surface area contributed by atoms with Gasteiger partial charge < -0.3 is 14.6 Å². The second kappa shape index (κ2) is 9.45. The van der Waals surface area contributed by atoms with Crippen molar-refractivity contribution in [3.05, 3.63) is 96.6 Å². The van der Waals surface area contributed by atoms with E-state index in [1.165, 1.54) is 0 Å². The lowest BCUT2D eigenvalue weighted by Crippen LogP contribution is -3.08. The Labute approximate surface area is 182 Å². The molecule has 2 atom stereocenters. The molecule has 0 spiro atoms. The highest BCUT2D eigenvalue weighted by atomic mass is 16.3. The number of para-hydroxylation sites is 1. The Kier molecular flexibility index (Phi) is 6.29. The largest absolute Gasteiger partial charge is 0.467 e. The Morgan fingerprint density at radius 1 is 1.06 bits per heavy atom. The molecule has 0 aliphatic heterocycles. The van der Waals surface area contributed by atoms with Crippen LogP contribution in [-0.4, -0.2) is 29.3 Å². The molecule has 0 saturated heterocycles. The highest BCUT2D eigenvalue weighted by Crippen LogP contribution is 2.23. The Bertz CT molecular complexity index is 1110. The fraction of sp³-hybridized carbons (Fsp3) is 0.200. The number of amides is 1. The van der Waals surface area contributed by atoms with Gasteiger partial charge in [-0.3, -0.25) is 4.79 Å². The van der Waals surface area contributed by atoms with E-state index >= 15 is 0 Å². The van der Waals surface area contributed by atoms with Crippen LogP contribution in [0, 0.1) is 0 Å². The van der Waals surface area contributed by atoms with Crippen LogP contribution in [0.2, 0.25) is 0 Å². The van der Waals surface area contributed by atoms with Crippen LogP contribution in [0.3, 0.4) is 0 Å². The Hall–Kier alpha value is -3.64. The molecule has 1 amide bonds. The van der Waals surface area contributed by atoms with E-state index in [2.05, 4.69) is 23.6 Å². The quantitative estimate of drug-likeness (QED) is 0.465. The van der Waals surface area contributed by atoms with Crippen LogP contribution >= 0.6 is 0 Å². The highest BCUT2D eigenvalue weighted by Gasteiger charge is 2.19. The van der Waals surface area contributed by atoms with Crippen LogP contribution in [0.25, 0.3) is 16.9 Å². The van der Waals surface area contributed by atoms with Crippen molar-refractivity contribution in [3.63, 3.8) is 0 Å². The van der Waals surface area contributed by atoms with E-state index in [4.69, 9.17) is 9.52 Å². The van der Waals surface area contributed by atoms with Gasteiger partial charge in [0.25, 0.3) is 5.91 Å². The molecule has 2 aromatic carbocycles. The lowest BCUT2D eigenvalue weighted by Gasteiger charge is -2.16. The predicted molar refractivity (Wildman–Crippen MR) is 120 cm³/mol. The van der Waals surface area contributed by atoms with Crippen LogP contribution in [0.15, 0.2) is 89.7 Å². The lowest BCUT2D eigenvalue weighted by molar-refractivity contribution is -0.885. The Morgan fingerprint density at radius 3 is 2.45 bits per heavy atom. The second-order valence-electron chi connectivity index (χ2n) is 7.76. The van der Waals surface area contributed by atoms with Crippen molar-refractivity contribution in [2.45, 2.75) is 19.5 Å². The summed E-state index contributed by atoms with van der Waals surface area (Å²) < 4.78 is 7.28. The first-order valence-corrected chi connectivity index (χ1v) is 10.4. The number of nitrogens with zero attached hydrogens (tertiary/aromatic N) is 2. The molecule has 4 rings (SSSR count). The third-order valence-corrected chi connectivity index (χ3v) is 5.16. The van der Waals surface area contributed by atoms with Gasteiger partial charge in [-0.25, -0.2) is 4.68 Å². The second-order valence-corrected chi connectivity index (χ2v) is 7.76. The molecule has 6 nitrogen and oxygen atoms in total. The summed E-state index contributed by atoms with van der Waals surface area (Å²) in [6.07, 6.45) is 3.68. The van der Waals surface area contributed by atoms with Crippen molar-refractivity contribution in [1.29, 1.82) is 0 Å². The van der Waals surface area contributed by atoms with E-state index < -0.39 is 0 Å². The number of rotatable bonds is 8. The lowest BCUT2D eigenvalue weighted by atomic mass is 10.1. The molecular formula is C25H27N4O2+. The number of hydrogen-bond acceptors (Lipinski definition) is 3. The summed E-state index contributed by atoms with van der Waals surface area (Å²) in [4.78, 5) is 13.6. The zero-order valence-corrected chi connectivity index (χ0v) is 17.8. The van der Waals surface area contributed by atoms with Gasteiger partial charge in [-0.1, -0.05) is 48.5 Å². The van der Waals surface area contributed by atoms with Gasteiger partial charge >= 0.3 is 0 Å². The molecule has 1 unspecified atom stereocenters. The predicted octanol–water partition coefficient (Wildman–Crippen LogP) is 3.02. The third kappa shape index (κ3) is 5.10. The van der Waals surface area contributed by atoms with Crippen LogP contribution in [0.1, 0.15) is 24.3 Å². The van der Waals surface area contributed by atoms with Crippen molar-refractivity contribution in [2.24, 2.45) is 0 Å². The third-order valence-electron chi connectivity index (χ3n) is 5.16. The van der Waals surface area contributed by atoms with E-state index in [1.807, 2.05) is 79.3 Å². The average Bonchev–Trinajstić information content (AvgIpc) is 3.45. The summed E-state index contributed by atoms with van der Waals surface area (Å²) in [5.74, 6) is 0.736. The Balaban J connectivity index is 1.50. The van der Waals surface area contributed by atoms with Crippen LogP contribution < -0.4 is 10.2 Å². The molecular weight excluding hydrogens is 388 g/mol. The number of benzene rings is 2. The molecule has 2 heterocycles. The summed E-state index contributed by atoms with van der Waals surface area (Å²) in [7, 11) is 2.02. The Morgan fingerprint density at radius 2 is 1.77 bits per heavy atom. The molecule has 0 bridgehead atoms. The summed E-state index contributed by atoms with van der Waals surface area (Å²) >= 11 is 0. The van der Waals surface area contributed by atoms with Gasteiger partial charge in [-0.05, 0) is 31.2 Å². The first-order chi connectivity index (χ1) is 15.1. The van der Waals surface area contributed by atoms with Gasteiger partial charge in [0.05, 0.1) is 30.6 Å². The zero-order chi connectivity index (χ0) is 21.6. The van der Waals surface area contributed by atoms with E-state index in [0.29, 0.717) is 13.1 Å². The molecule has 0 aliphatic rings. The maximum Gasteiger partial charge on any atom is 0.275 e. The minimum absolute atomic E-state index is 0.0156. The normalized spacial score (nSPS) is 13.0. The average molecular weight is 416 g/mol.